The molecular formula is C21H28O2. The summed E-state index contributed by atoms with van der Waals surface area (Å²) in [5, 5.41) is 11.1. The molecule has 1 aromatic rings. The van der Waals surface area contributed by atoms with Crippen LogP contribution < -0.4 is 4.74 Å². The molecule has 2 nitrogen and oxygen atoms in total. The lowest BCUT2D eigenvalue weighted by molar-refractivity contribution is 0.00745. The van der Waals surface area contributed by atoms with Gasteiger partial charge in [0.1, 0.15) is 17.1 Å². The van der Waals surface area contributed by atoms with Crippen LogP contribution in [-0.4, -0.2) is 10.7 Å². The lowest BCUT2D eigenvalue weighted by Gasteiger charge is -2.47. The Labute approximate surface area is 139 Å². The molecule has 0 aromatic heterocycles. The molecule has 3 aliphatic rings. The molecule has 2 aliphatic carbocycles. The van der Waals surface area contributed by atoms with Crippen LogP contribution in [0.1, 0.15) is 75.5 Å². The summed E-state index contributed by atoms with van der Waals surface area (Å²) in [7, 11) is 0. The van der Waals surface area contributed by atoms with E-state index < -0.39 is 0 Å². The van der Waals surface area contributed by atoms with Crippen LogP contribution in [-0.2, 0) is 12.8 Å². The Balaban J connectivity index is 1.88. The van der Waals surface area contributed by atoms with E-state index in [1.54, 1.807) is 0 Å². The summed E-state index contributed by atoms with van der Waals surface area (Å²) < 4.78 is 6.42. The number of aromatic hydroxyl groups is 1. The number of hydrogen-bond acceptors (Lipinski definition) is 2. The summed E-state index contributed by atoms with van der Waals surface area (Å²) >= 11 is 0. The molecule has 0 radical (unpaired) electrons. The number of aryl methyl sites for hydroxylation is 1. The number of benzene rings is 1. The van der Waals surface area contributed by atoms with E-state index in [2.05, 4.69) is 32.9 Å². The van der Waals surface area contributed by atoms with Crippen LogP contribution in [0.4, 0.5) is 0 Å². The first kappa shape index (κ1) is 15.1. The molecule has 124 valence electrons. The van der Waals surface area contributed by atoms with Crippen molar-refractivity contribution in [1.82, 2.24) is 0 Å². The van der Waals surface area contributed by atoms with Crippen LogP contribution in [0.3, 0.4) is 0 Å². The highest BCUT2D eigenvalue weighted by atomic mass is 16.5. The van der Waals surface area contributed by atoms with Crippen molar-refractivity contribution in [3.05, 3.63) is 34.4 Å². The summed E-state index contributed by atoms with van der Waals surface area (Å²) in [6.07, 6.45) is 10.2. The zero-order valence-corrected chi connectivity index (χ0v) is 14.6. The van der Waals surface area contributed by atoms with Crippen molar-refractivity contribution in [2.75, 3.05) is 0 Å². The van der Waals surface area contributed by atoms with Gasteiger partial charge < -0.3 is 9.84 Å². The molecule has 0 fully saturated rings. The van der Waals surface area contributed by atoms with E-state index in [0.29, 0.717) is 17.6 Å². The van der Waals surface area contributed by atoms with Crippen molar-refractivity contribution in [2.45, 2.75) is 77.2 Å². The highest BCUT2D eigenvalue weighted by molar-refractivity contribution is 5.57. The molecular weight excluding hydrogens is 284 g/mol. The number of fused-ring (bicyclic) bond motifs is 4. The normalized spacial score (nSPS) is 28.6. The third-order valence-corrected chi connectivity index (χ3v) is 6.26. The van der Waals surface area contributed by atoms with Crippen LogP contribution in [0, 0.1) is 5.92 Å². The maximum absolute atomic E-state index is 11.1. The Bertz CT molecular complexity index is 669. The molecule has 1 unspecified atom stereocenters. The van der Waals surface area contributed by atoms with Crippen LogP contribution in [0.2, 0.25) is 0 Å². The van der Waals surface area contributed by atoms with Crippen molar-refractivity contribution in [1.29, 1.82) is 0 Å². The van der Waals surface area contributed by atoms with Gasteiger partial charge in [-0.1, -0.05) is 18.1 Å². The second kappa shape index (κ2) is 5.29. The van der Waals surface area contributed by atoms with E-state index in [1.807, 2.05) is 0 Å². The quantitative estimate of drug-likeness (QED) is 0.522. The molecule has 0 bridgehead atoms. The van der Waals surface area contributed by atoms with Crippen molar-refractivity contribution in [3.63, 3.8) is 0 Å². The first-order valence-electron chi connectivity index (χ1n) is 9.19. The fraction of sp³-hybridized carbons (Fsp3) is 0.619. The minimum Gasteiger partial charge on any atom is -0.507 e. The van der Waals surface area contributed by atoms with Crippen molar-refractivity contribution >= 4 is 0 Å². The van der Waals surface area contributed by atoms with E-state index in [4.69, 9.17) is 4.74 Å². The summed E-state index contributed by atoms with van der Waals surface area (Å²) in [5.41, 5.74) is 4.90. The first-order valence-corrected chi connectivity index (χ1v) is 9.19. The molecule has 1 aliphatic heterocycles. The van der Waals surface area contributed by atoms with Gasteiger partial charge in [0.05, 0.1) is 0 Å². The third kappa shape index (κ3) is 2.38. The maximum atomic E-state index is 11.1. The standard InChI is InChI=1S/C21H28O2/c1-13-9-10-17-16(11-13)19-18(23-21(17,2)3)12-14-7-5-4-6-8-15(14)20(19)22/h9,12,16-17,22H,4-8,10-11H2,1-3H3/t16?,17-/m1/s1. The number of ether oxygens (including phenoxy) is 1. The van der Waals surface area contributed by atoms with Gasteiger partial charge in [-0.3, -0.25) is 0 Å². The van der Waals surface area contributed by atoms with Crippen LogP contribution >= 0.6 is 0 Å². The van der Waals surface area contributed by atoms with Gasteiger partial charge in [0.15, 0.2) is 0 Å². The minimum absolute atomic E-state index is 0.166. The molecule has 4 rings (SSSR count). The molecule has 0 saturated heterocycles. The van der Waals surface area contributed by atoms with Crippen LogP contribution in [0.15, 0.2) is 17.7 Å². The van der Waals surface area contributed by atoms with Crippen molar-refractivity contribution in [2.24, 2.45) is 5.92 Å². The Morgan fingerprint density at radius 3 is 2.78 bits per heavy atom. The van der Waals surface area contributed by atoms with Crippen molar-refractivity contribution < 1.29 is 9.84 Å². The van der Waals surface area contributed by atoms with Crippen molar-refractivity contribution in [3.8, 4) is 11.5 Å². The molecule has 0 spiro atoms. The highest BCUT2D eigenvalue weighted by Crippen LogP contribution is 2.55. The Kier molecular flexibility index (Phi) is 3.48. The maximum Gasteiger partial charge on any atom is 0.127 e. The minimum atomic E-state index is -0.166. The largest absolute Gasteiger partial charge is 0.507 e. The average molecular weight is 312 g/mol. The highest BCUT2D eigenvalue weighted by Gasteiger charge is 2.46. The fourth-order valence-electron chi connectivity index (χ4n) is 4.99. The predicted molar refractivity (Wildman–Crippen MR) is 93.3 cm³/mol. The molecule has 23 heavy (non-hydrogen) atoms. The lowest BCUT2D eigenvalue weighted by atomic mass is 9.66. The molecule has 1 aromatic carbocycles. The van der Waals surface area contributed by atoms with Gasteiger partial charge in [-0.25, -0.2) is 0 Å². The topological polar surface area (TPSA) is 29.5 Å². The van der Waals surface area contributed by atoms with Gasteiger partial charge in [-0.2, -0.15) is 0 Å². The molecule has 1 N–H and O–H groups in total. The lowest BCUT2D eigenvalue weighted by Crippen LogP contribution is -2.45. The Morgan fingerprint density at radius 1 is 1.17 bits per heavy atom. The summed E-state index contributed by atoms with van der Waals surface area (Å²) in [5.74, 6) is 2.35. The van der Waals surface area contributed by atoms with E-state index in [-0.39, 0.29) is 5.60 Å². The van der Waals surface area contributed by atoms with E-state index >= 15 is 0 Å². The van der Waals surface area contributed by atoms with E-state index in [9.17, 15) is 5.11 Å². The number of hydrogen-bond donors (Lipinski definition) is 1. The van der Waals surface area contributed by atoms with Gasteiger partial charge >= 0.3 is 0 Å². The van der Waals surface area contributed by atoms with Crippen LogP contribution in [0.25, 0.3) is 0 Å². The summed E-state index contributed by atoms with van der Waals surface area (Å²) in [4.78, 5) is 0. The second-order valence-electron chi connectivity index (χ2n) is 8.24. The number of rotatable bonds is 0. The zero-order valence-electron chi connectivity index (χ0n) is 14.6. The summed E-state index contributed by atoms with van der Waals surface area (Å²) in [6, 6.07) is 2.25. The smallest absolute Gasteiger partial charge is 0.127 e. The molecule has 0 amide bonds. The number of allylic oxidation sites excluding steroid dienone is 2. The predicted octanol–water partition coefficient (Wildman–Crippen LogP) is 5.27. The van der Waals surface area contributed by atoms with E-state index in [1.165, 1.54) is 36.0 Å². The van der Waals surface area contributed by atoms with Gasteiger partial charge in [0.2, 0.25) is 0 Å². The van der Waals surface area contributed by atoms with Crippen LogP contribution in [0.5, 0.6) is 11.5 Å². The van der Waals surface area contributed by atoms with Gasteiger partial charge in [0.25, 0.3) is 0 Å². The summed E-state index contributed by atoms with van der Waals surface area (Å²) in [6.45, 7) is 6.65. The molecule has 2 atom stereocenters. The second-order valence-corrected chi connectivity index (χ2v) is 8.24. The van der Waals surface area contributed by atoms with Gasteiger partial charge in [0, 0.05) is 17.4 Å². The zero-order chi connectivity index (χ0) is 16.2. The monoisotopic (exact) mass is 312 g/mol. The van der Waals surface area contributed by atoms with Gasteiger partial charge in [-0.05, 0) is 76.5 Å². The van der Waals surface area contributed by atoms with E-state index in [0.717, 1.165) is 37.0 Å². The SMILES string of the molecule is CC1=CC[C@@H]2C(C1)c1c(cc3c(c1O)CCCCC3)OC2(C)C. The number of phenolic OH excluding ortho intramolecular Hbond substituents is 1. The Morgan fingerprint density at radius 2 is 1.96 bits per heavy atom. The van der Waals surface area contributed by atoms with Gasteiger partial charge in [-0.15, -0.1) is 0 Å². The molecule has 2 heteroatoms. The fourth-order valence-corrected chi connectivity index (χ4v) is 4.99. The third-order valence-electron chi connectivity index (χ3n) is 6.26. The first-order chi connectivity index (χ1) is 11.0. The molecule has 1 heterocycles. The number of phenols is 1. The average Bonchev–Trinajstić information content (AvgIpc) is 2.71. The molecule has 0 saturated carbocycles. The Hall–Kier alpha value is -1.44.